The number of benzene rings is 3. The molecule has 0 fully saturated rings. The molecular formula is C20H12Cl4. The van der Waals surface area contributed by atoms with Crippen LogP contribution in [0.5, 0.6) is 0 Å². The van der Waals surface area contributed by atoms with Crippen LogP contribution in [0.1, 0.15) is 11.1 Å². The topological polar surface area (TPSA) is 0 Å². The molecule has 0 nitrogen and oxygen atoms in total. The van der Waals surface area contributed by atoms with Gasteiger partial charge in [0.1, 0.15) is 0 Å². The molecule has 3 aromatic carbocycles. The van der Waals surface area contributed by atoms with Crippen molar-refractivity contribution in [2.24, 2.45) is 0 Å². The molecular weight excluding hydrogens is 382 g/mol. The molecule has 0 saturated heterocycles. The molecule has 0 bridgehead atoms. The van der Waals surface area contributed by atoms with Gasteiger partial charge in [0.25, 0.3) is 0 Å². The van der Waals surface area contributed by atoms with E-state index < -0.39 is 0 Å². The Morgan fingerprint density at radius 1 is 0.500 bits per heavy atom. The molecule has 4 rings (SSSR count). The van der Waals surface area contributed by atoms with Crippen molar-refractivity contribution in [2.45, 2.75) is 12.8 Å². The summed E-state index contributed by atoms with van der Waals surface area (Å²) in [7, 11) is 0. The maximum absolute atomic E-state index is 6.63. The van der Waals surface area contributed by atoms with Crippen LogP contribution in [0.25, 0.3) is 22.3 Å². The van der Waals surface area contributed by atoms with Crippen LogP contribution in [-0.4, -0.2) is 0 Å². The van der Waals surface area contributed by atoms with E-state index in [1.807, 2.05) is 24.3 Å². The number of halogens is 4. The molecule has 4 heteroatoms. The number of aryl methyl sites for hydroxylation is 2. The van der Waals surface area contributed by atoms with Crippen molar-refractivity contribution in [3.05, 3.63) is 79.7 Å². The summed E-state index contributed by atoms with van der Waals surface area (Å²) in [5.74, 6) is 0. The molecule has 0 heterocycles. The number of hydrogen-bond donors (Lipinski definition) is 0. The second kappa shape index (κ2) is 6.28. The van der Waals surface area contributed by atoms with E-state index in [0.29, 0.717) is 20.1 Å². The van der Waals surface area contributed by atoms with Crippen molar-refractivity contribution >= 4 is 46.4 Å². The molecule has 0 amide bonds. The van der Waals surface area contributed by atoms with Gasteiger partial charge in [-0.05, 0) is 35.1 Å². The van der Waals surface area contributed by atoms with E-state index in [4.69, 9.17) is 46.4 Å². The van der Waals surface area contributed by atoms with Gasteiger partial charge >= 0.3 is 0 Å². The second-order valence-electron chi connectivity index (χ2n) is 5.82. The molecule has 0 atom stereocenters. The Balaban J connectivity index is 2.21. The third-order valence-corrected chi connectivity index (χ3v) is 6.31. The minimum atomic E-state index is 0.301. The van der Waals surface area contributed by atoms with Crippen LogP contribution in [0.3, 0.4) is 0 Å². The van der Waals surface area contributed by atoms with Crippen LogP contribution in [-0.2, 0) is 12.8 Å². The molecule has 1 aliphatic rings. The maximum atomic E-state index is 6.63. The molecule has 1 aliphatic carbocycles. The normalized spacial score (nSPS) is 12.7. The average Bonchev–Trinajstić information content (AvgIpc) is 2.60. The zero-order valence-electron chi connectivity index (χ0n) is 12.5. The van der Waals surface area contributed by atoms with Gasteiger partial charge in [0, 0.05) is 11.1 Å². The lowest BCUT2D eigenvalue weighted by Crippen LogP contribution is -2.03. The highest BCUT2D eigenvalue weighted by Gasteiger charge is 2.26. The minimum absolute atomic E-state index is 0.301. The third kappa shape index (κ3) is 2.45. The molecule has 0 aromatic heterocycles. The van der Waals surface area contributed by atoms with Crippen molar-refractivity contribution in [3.63, 3.8) is 0 Å². The Morgan fingerprint density at radius 3 is 1.29 bits per heavy atom. The quantitative estimate of drug-likeness (QED) is 0.270. The molecule has 3 aromatic rings. The Kier molecular flexibility index (Phi) is 4.26. The molecule has 0 spiro atoms. The summed E-state index contributed by atoms with van der Waals surface area (Å²) in [6.07, 6.45) is 1.86. The fraction of sp³-hybridized carbons (Fsp3) is 0.100. The van der Waals surface area contributed by atoms with E-state index in [9.17, 15) is 0 Å². The summed E-state index contributed by atoms with van der Waals surface area (Å²) in [6, 6.07) is 16.5. The summed E-state index contributed by atoms with van der Waals surface area (Å²) in [5.41, 5.74) is 6.30. The third-order valence-electron chi connectivity index (χ3n) is 4.50. The van der Waals surface area contributed by atoms with Gasteiger partial charge in [0.15, 0.2) is 0 Å². The molecule has 120 valence electrons. The van der Waals surface area contributed by atoms with Gasteiger partial charge in [-0.25, -0.2) is 0 Å². The Bertz CT molecular complexity index is 882. The van der Waals surface area contributed by atoms with E-state index in [2.05, 4.69) is 24.3 Å². The van der Waals surface area contributed by atoms with Gasteiger partial charge in [0.2, 0.25) is 0 Å². The smallest absolute Gasteiger partial charge is 0.0800 e. The summed E-state index contributed by atoms with van der Waals surface area (Å²) in [6.45, 7) is 0. The standard InChI is InChI=1S/C20H12Cl4/c21-17-15-13-7-3-1-5-11(13)9-10-12-6-2-4-8-14(12)16(15)18(22)20(24)19(17)23/h1-8H,9-10H2. The van der Waals surface area contributed by atoms with Crippen molar-refractivity contribution in [1.82, 2.24) is 0 Å². The lowest BCUT2D eigenvalue weighted by molar-refractivity contribution is 0.960. The van der Waals surface area contributed by atoms with Crippen molar-refractivity contribution in [2.75, 3.05) is 0 Å². The van der Waals surface area contributed by atoms with Gasteiger partial charge < -0.3 is 0 Å². The van der Waals surface area contributed by atoms with Crippen LogP contribution in [0, 0.1) is 0 Å². The zero-order chi connectivity index (χ0) is 16.8. The monoisotopic (exact) mass is 392 g/mol. The van der Waals surface area contributed by atoms with E-state index in [0.717, 1.165) is 35.1 Å². The Labute approximate surface area is 160 Å². The fourth-order valence-corrected chi connectivity index (χ4v) is 4.43. The molecule has 0 saturated carbocycles. The summed E-state index contributed by atoms with van der Waals surface area (Å²) >= 11 is 26.0. The highest BCUT2D eigenvalue weighted by molar-refractivity contribution is 6.54. The van der Waals surface area contributed by atoms with E-state index in [1.54, 1.807) is 0 Å². The van der Waals surface area contributed by atoms with E-state index >= 15 is 0 Å². The average molecular weight is 394 g/mol. The van der Waals surface area contributed by atoms with Gasteiger partial charge in [0.05, 0.1) is 20.1 Å². The van der Waals surface area contributed by atoms with Crippen molar-refractivity contribution in [1.29, 1.82) is 0 Å². The SMILES string of the molecule is Clc1c(Cl)c(Cl)c2c(c1Cl)-c1ccccc1CCc1ccccc1-2. The predicted octanol–water partition coefficient (Wildman–Crippen LogP) is 7.73. The maximum Gasteiger partial charge on any atom is 0.0800 e. The first-order valence-corrected chi connectivity index (χ1v) is 9.13. The highest BCUT2D eigenvalue weighted by atomic mass is 35.5. The largest absolute Gasteiger partial charge is 0.0819 e. The van der Waals surface area contributed by atoms with Crippen LogP contribution in [0.2, 0.25) is 20.1 Å². The van der Waals surface area contributed by atoms with Crippen molar-refractivity contribution in [3.8, 4) is 22.3 Å². The summed E-state index contributed by atoms with van der Waals surface area (Å²) in [4.78, 5) is 0. The lowest BCUT2D eigenvalue weighted by Gasteiger charge is -2.23. The highest BCUT2D eigenvalue weighted by Crippen LogP contribution is 2.52. The number of rotatable bonds is 0. The van der Waals surface area contributed by atoms with Gasteiger partial charge in [-0.15, -0.1) is 0 Å². The van der Waals surface area contributed by atoms with E-state index in [1.165, 1.54) is 11.1 Å². The minimum Gasteiger partial charge on any atom is -0.0819 e. The molecule has 0 unspecified atom stereocenters. The van der Waals surface area contributed by atoms with Gasteiger partial charge in [-0.1, -0.05) is 94.9 Å². The molecule has 0 radical (unpaired) electrons. The molecule has 0 aliphatic heterocycles. The van der Waals surface area contributed by atoms with Crippen LogP contribution >= 0.6 is 46.4 Å². The van der Waals surface area contributed by atoms with Gasteiger partial charge in [-0.3, -0.25) is 0 Å². The summed E-state index contributed by atoms with van der Waals surface area (Å²) in [5, 5.41) is 1.50. The molecule has 0 N–H and O–H groups in total. The fourth-order valence-electron chi connectivity index (χ4n) is 3.37. The first-order valence-electron chi connectivity index (χ1n) is 7.62. The predicted molar refractivity (Wildman–Crippen MR) is 105 cm³/mol. The van der Waals surface area contributed by atoms with Gasteiger partial charge in [-0.2, -0.15) is 0 Å². The van der Waals surface area contributed by atoms with Crippen LogP contribution in [0.15, 0.2) is 48.5 Å². The zero-order valence-corrected chi connectivity index (χ0v) is 15.6. The first-order chi connectivity index (χ1) is 11.6. The first kappa shape index (κ1) is 16.3. The summed E-state index contributed by atoms with van der Waals surface area (Å²) < 4.78 is 0. The Hall–Kier alpha value is -1.18. The van der Waals surface area contributed by atoms with E-state index in [-0.39, 0.29) is 0 Å². The number of hydrogen-bond acceptors (Lipinski definition) is 0. The second-order valence-corrected chi connectivity index (χ2v) is 7.33. The van der Waals surface area contributed by atoms with Crippen LogP contribution < -0.4 is 0 Å². The Morgan fingerprint density at radius 2 is 0.875 bits per heavy atom. The lowest BCUT2D eigenvalue weighted by atomic mass is 9.84. The van der Waals surface area contributed by atoms with Crippen LogP contribution in [0.4, 0.5) is 0 Å². The molecule has 24 heavy (non-hydrogen) atoms. The van der Waals surface area contributed by atoms with Crippen molar-refractivity contribution < 1.29 is 0 Å². The number of fused-ring (bicyclic) bond motifs is 5.